The van der Waals surface area contributed by atoms with Gasteiger partial charge in [-0.25, -0.2) is 0 Å². The Bertz CT molecular complexity index is 778. The van der Waals surface area contributed by atoms with Crippen LogP contribution in [0.25, 0.3) is 6.08 Å². The Balaban J connectivity index is 1.44. The Morgan fingerprint density at radius 3 is 2.50 bits per heavy atom. The molecule has 2 heteroatoms. The van der Waals surface area contributed by atoms with Crippen LogP contribution in [0.1, 0.15) is 57.1 Å². The van der Waals surface area contributed by atoms with E-state index in [1.54, 1.807) is 5.56 Å². The summed E-state index contributed by atoms with van der Waals surface area (Å²) in [6.45, 7) is 10.7. The van der Waals surface area contributed by atoms with Crippen molar-refractivity contribution in [3.63, 3.8) is 0 Å². The second-order valence-corrected chi connectivity index (χ2v) is 17.3. The van der Waals surface area contributed by atoms with E-state index >= 15 is 0 Å². The predicted molar refractivity (Wildman–Crippen MR) is 127 cm³/mol. The molecule has 8 atom stereocenters. The molecule has 0 radical (unpaired) electrons. The molecule has 0 saturated heterocycles. The number of fused-ring (bicyclic) bond motifs is 3. The Kier molecular flexibility index (Phi) is 4.98. The van der Waals surface area contributed by atoms with Gasteiger partial charge in [-0.1, -0.05) is 78.4 Å². The van der Waals surface area contributed by atoms with Gasteiger partial charge in [0.25, 0.3) is 0 Å². The zero-order valence-electron chi connectivity index (χ0n) is 18.1. The van der Waals surface area contributed by atoms with Crippen LogP contribution in [-0.2, 0) is 6.42 Å². The first-order chi connectivity index (χ1) is 13.4. The molecule has 0 bridgehead atoms. The van der Waals surface area contributed by atoms with Crippen LogP contribution in [-0.4, -0.2) is 12.9 Å². The van der Waals surface area contributed by atoms with Gasteiger partial charge < -0.3 is 0 Å². The smallest absolute Gasteiger partial charge is 0.0795 e. The highest BCUT2D eigenvalue weighted by Crippen LogP contribution is 2.63. The van der Waals surface area contributed by atoms with E-state index < -0.39 is 8.07 Å². The molecule has 0 amide bonds. The fraction of sp³-hybridized carbons (Fsp3) is 0.692. The first-order valence-electron chi connectivity index (χ1n) is 11.8. The first kappa shape index (κ1) is 19.6. The van der Waals surface area contributed by atoms with Gasteiger partial charge in [-0.15, -0.1) is 0 Å². The number of benzene rings is 1. The monoisotopic (exact) mass is 456 g/mol. The first-order valence-corrected chi connectivity index (χ1v) is 15.8. The summed E-state index contributed by atoms with van der Waals surface area (Å²) in [7, 11) is -1.46. The molecule has 0 spiro atoms. The average Bonchev–Trinajstić information content (AvgIpc) is 3.23. The summed E-state index contributed by atoms with van der Waals surface area (Å²) in [4.78, 5) is 0.784. The fourth-order valence-corrected chi connectivity index (χ4v) is 13.7. The Morgan fingerprint density at radius 1 is 0.929 bits per heavy atom. The van der Waals surface area contributed by atoms with Gasteiger partial charge in [0, 0.05) is 4.83 Å². The summed E-state index contributed by atoms with van der Waals surface area (Å²) in [6, 6.07) is 9.12. The maximum atomic E-state index is 3.98. The minimum atomic E-state index is -1.46. The molecule has 0 nitrogen and oxygen atoms in total. The van der Waals surface area contributed by atoms with Crippen LogP contribution in [0.5, 0.6) is 0 Å². The fourth-order valence-electron chi connectivity index (χ4n) is 8.38. The van der Waals surface area contributed by atoms with Crippen LogP contribution in [0, 0.1) is 35.5 Å². The minimum absolute atomic E-state index is 0.784. The van der Waals surface area contributed by atoms with E-state index in [-0.39, 0.29) is 0 Å². The summed E-state index contributed by atoms with van der Waals surface area (Å²) in [5, 5.41) is 1.84. The highest BCUT2D eigenvalue weighted by atomic mass is 79.9. The molecule has 8 unspecified atom stereocenters. The Hall–Kier alpha value is -0.343. The van der Waals surface area contributed by atoms with Crippen molar-refractivity contribution in [2.75, 3.05) is 0 Å². The molecular formula is C26H37BrSi. The normalized spacial score (nSPS) is 42.5. The van der Waals surface area contributed by atoms with E-state index in [1.807, 2.05) is 5.20 Å². The molecule has 3 saturated carbocycles. The van der Waals surface area contributed by atoms with Crippen molar-refractivity contribution < 1.29 is 0 Å². The molecule has 1 aromatic carbocycles. The molecular weight excluding hydrogens is 420 g/mol. The number of alkyl halides is 1. The van der Waals surface area contributed by atoms with Crippen LogP contribution in [0.15, 0.2) is 29.5 Å². The zero-order valence-corrected chi connectivity index (χ0v) is 20.7. The van der Waals surface area contributed by atoms with Crippen LogP contribution >= 0.6 is 15.9 Å². The van der Waals surface area contributed by atoms with Gasteiger partial charge in [-0.2, -0.15) is 0 Å². The average molecular weight is 458 g/mol. The summed E-state index contributed by atoms with van der Waals surface area (Å²) in [5.74, 6) is 5.88. The molecule has 5 rings (SSSR count). The molecule has 0 heterocycles. The van der Waals surface area contributed by atoms with Gasteiger partial charge >= 0.3 is 0 Å². The van der Waals surface area contributed by atoms with Crippen molar-refractivity contribution >= 4 is 30.1 Å². The third-order valence-electron chi connectivity index (χ3n) is 9.60. The maximum Gasteiger partial charge on any atom is 0.0795 e. The van der Waals surface area contributed by atoms with Crippen molar-refractivity contribution in [1.82, 2.24) is 0 Å². The lowest BCUT2D eigenvalue weighted by Crippen LogP contribution is -2.46. The topological polar surface area (TPSA) is 0 Å². The van der Waals surface area contributed by atoms with Crippen molar-refractivity contribution in [3.8, 4) is 0 Å². The number of rotatable bonds is 2. The van der Waals surface area contributed by atoms with Crippen LogP contribution in [0.3, 0.4) is 0 Å². The molecule has 4 aliphatic rings. The van der Waals surface area contributed by atoms with E-state index in [1.165, 1.54) is 44.1 Å². The summed E-state index contributed by atoms with van der Waals surface area (Å²) in [6.07, 6.45) is 11.2. The largest absolute Gasteiger partial charge is 0.0891 e. The van der Waals surface area contributed by atoms with Gasteiger partial charge in [-0.05, 0) is 90.7 Å². The Labute approximate surface area is 181 Å². The lowest BCUT2D eigenvalue weighted by atomic mass is 9.59. The zero-order chi connectivity index (χ0) is 19.6. The molecule has 0 aliphatic heterocycles. The van der Waals surface area contributed by atoms with Crippen LogP contribution in [0.4, 0.5) is 0 Å². The third-order valence-corrected chi connectivity index (χ3v) is 15.1. The molecule has 28 heavy (non-hydrogen) atoms. The van der Waals surface area contributed by atoms with Crippen molar-refractivity contribution in [2.45, 2.75) is 75.8 Å². The number of hydrogen-bond donors (Lipinski definition) is 0. The minimum Gasteiger partial charge on any atom is -0.0891 e. The van der Waals surface area contributed by atoms with Crippen molar-refractivity contribution in [2.24, 2.45) is 35.5 Å². The SMILES string of the molecule is CC1CC2C(C)C3CCC(Br)CC3CC2C1[Si](C)(C)C1=Cc2ccccc2C1. The van der Waals surface area contributed by atoms with Crippen LogP contribution < -0.4 is 0 Å². The number of halogens is 1. The lowest BCUT2D eigenvalue weighted by Gasteiger charge is -2.50. The van der Waals surface area contributed by atoms with Gasteiger partial charge in [-0.3, -0.25) is 0 Å². The summed E-state index contributed by atoms with van der Waals surface area (Å²) in [5.41, 5.74) is 4.07. The molecule has 1 aromatic rings. The number of hydrogen-bond acceptors (Lipinski definition) is 0. The molecule has 3 fully saturated rings. The molecule has 152 valence electrons. The van der Waals surface area contributed by atoms with Gasteiger partial charge in [0.2, 0.25) is 0 Å². The Morgan fingerprint density at radius 2 is 1.71 bits per heavy atom. The van der Waals surface area contributed by atoms with E-state index in [9.17, 15) is 0 Å². The highest BCUT2D eigenvalue weighted by molar-refractivity contribution is 9.09. The van der Waals surface area contributed by atoms with Crippen LogP contribution in [0.2, 0.25) is 18.6 Å². The quantitative estimate of drug-likeness (QED) is 0.315. The maximum absolute atomic E-state index is 3.98. The second kappa shape index (κ2) is 7.12. The van der Waals surface area contributed by atoms with E-state index in [0.717, 1.165) is 45.9 Å². The molecule has 0 aromatic heterocycles. The van der Waals surface area contributed by atoms with Crippen molar-refractivity contribution in [3.05, 3.63) is 40.6 Å². The summed E-state index contributed by atoms with van der Waals surface area (Å²) >= 11 is 3.98. The van der Waals surface area contributed by atoms with Gasteiger partial charge in [0.15, 0.2) is 0 Å². The van der Waals surface area contributed by atoms with E-state index in [2.05, 4.69) is 73.2 Å². The van der Waals surface area contributed by atoms with E-state index in [0.29, 0.717) is 0 Å². The van der Waals surface area contributed by atoms with E-state index in [4.69, 9.17) is 0 Å². The molecule has 4 aliphatic carbocycles. The highest BCUT2D eigenvalue weighted by Gasteiger charge is 2.56. The summed E-state index contributed by atoms with van der Waals surface area (Å²) < 4.78 is 0. The number of allylic oxidation sites excluding steroid dienone is 1. The third kappa shape index (κ3) is 3.04. The standard InChI is InChI=1S/C26H37BrSi/c1-16-11-24-17(2)23-10-9-21(27)12-20(23)15-25(24)26(16)28(3,4)22-13-18-7-5-6-8-19(18)14-22/h5-8,13,16-17,20-21,23-26H,9-12,14-15H2,1-4H3. The second-order valence-electron chi connectivity index (χ2n) is 11.3. The van der Waals surface area contributed by atoms with Gasteiger partial charge in [0.1, 0.15) is 0 Å². The molecule has 0 N–H and O–H groups in total. The van der Waals surface area contributed by atoms with Crippen molar-refractivity contribution in [1.29, 1.82) is 0 Å². The lowest BCUT2D eigenvalue weighted by molar-refractivity contribution is 0.0369. The van der Waals surface area contributed by atoms with Gasteiger partial charge in [0.05, 0.1) is 8.07 Å². The predicted octanol–water partition coefficient (Wildman–Crippen LogP) is 7.74.